The SMILES string of the molecule is CNCC(=O)NCCCN1CCN(CCCN2c3ccccc3Sc3ccc(C(F)(F)F)cc32)CC1. The second kappa shape index (κ2) is 12.3. The maximum Gasteiger partial charge on any atom is 0.416 e. The van der Waals surface area contributed by atoms with Crippen LogP contribution >= 0.6 is 11.8 Å². The van der Waals surface area contributed by atoms with Crippen LogP contribution in [0.15, 0.2) is 52.3 Å². The molecule has 2 aliphatic heterocycles. The van der Waals surface area contributed by atoms with Crippen molar-refractivity contribution >= 4 is 29.0 Å². The van der Waals surface area contributed by atoms with Crippen molar-refractivity contribution in [1.29, 1.82) is 0 Å². The Morgan fingerprint density at radius 1 is 0.917 bits per heavy atom. The Hall–Kier alpha value is -2.27. The van der Waals surface area contributed by atoms with Gasteiger partial charge >= 0.3 is 6.18 Å². The van der Waals surface area contributed by atoms with Gasteiger partial charge in [0.25, 0.3) is 0 Å². The quantitative estimate of drug-likeness (QED) is 0.461. The van der Waals surface area contributed by atoms with Crippen molar-refractivity contribution in [3.8, 4) is 0 Å². The lowest BCUT2D eigenvalue weighted by Gasteiger charge is -2.36. The Morgan fingerprint density at radius 2 is 1.58 bits per heavy atom. The van der Waals surface area contributed by atoms with Gasteiger partial charge in [0.05, 0.1) is 23.5 Å². The Bertz CT molecular complexity index is 1030. The predicted molar refractivity (Wildman–Crippen MR) is 138 cm³/mol. The van der Waals surface area contributed by atoms with E-state index in [9.17, 15) is 18.0 Å². The highest BCUT2D eigenvalue weighted by molar-refractivity contribution is 7.99. The molecular weight excluding hydrogens is 487 g/mol. The number of benzene rings is 2. The van der Waals surface area contributed by atoms with E-state index in [0.29, 0.717) is 25.3 Å². The van der Waals surface area contributed by atoms with Gasteiger partial charge in [-0.15, -0.1) is 0 Å². The first-order valence-electron chi connectivity index (χ1n) is 12.5. The number of amides is 1. The number of piperazine rings is 1. The zero-order valence-corrected chi connectivity index (χ0v) is 21.4. The molecule has 2 aliphatic rings. The van der Waals surface area contributed by atoms with Crippen LogP contribution in [0.2, 0.25) is 0 Å². The fourth-order valence-electron chi connectivity index (χ4n) is 4.69. The molecule has 0 unspecified atom stereocenters. The van der Waals surface area contributed by atoms with Gasteiger partial charge in [-0.05, 0) is 63.3 Å². The summed E-state index contributed by atoms with van der Waals surface area (Å²) in [5, 5.41) is 5.75. The number of anilines is 2. The van der Waals surface area contributed by atoms with E-state index < -0.39 is 11.7 Å². The van der Waals surface area contributed by atoms with E-state index in [0.717, 1.165) is 67.6 Å². The van der Waals surface area contributed by atoms with Crippen LogP contribution in [0.1, 0.15) is 18.4 Å². The molecule has 0 bridgehead atoms. The van der Waals surface area contributed by atoms with E-state index >= 15 is 0 Å². The van der Waals surface area contributed by atoms with Gasteiger partial charge in [0.2, 0.25) is 5.91 Å². The largest absolute Gasteiger partial charge is 0.416 e. The van der Waals surface area contributed by atoms with Crippen LogP contribution in [0.3, 0.4) is 0 Å². The summed E-state index contributed by atoms with van der Waals surface area (Å²) in [5.74, 6) is 0.0227. The molecule has 0 atom stereocenters. The molecule has 2 aromatic carbocycles. The number of nitrogens with one attached hydrogen (secondary N) is 2. The van der Waals surface area contributed by atoms with E-state index in [4.69, 9.17) is 0 Å². The number of para-hydroxylation sites is 1. The van der Waals surface area contributed by atoms with E-state index in [1.807, 2.05) is 24.3 Å². The number of likely N-dealkylation sites (N-methyl/N-ethyl adjacent to an activating group) is 1. The molecule has 6 nitrogen and oxygen atoms in total. The summed E-state index contributed by atoms with van der Waals surface area (Å²) in [7, 11) is 1.76. The summed E-state index contributed by atoms with van der Waals surface area (Å²) in [6.45, 7) is 7.52. The topological polar surface area (TPSA) is 50.9 Å². The van der Waals surface area contributed by atoms with Crippen LogP contribution in [-0.4, -0.2) is 81.7 Å². The van der Waals surface area contributed by atoms with Crippen molar-refractivity contribution in [2.45, 2.75) is 28.8 Å². The first-order chi connectivity index (χ1) is 17.3. The molecule has 2 N–H and O–H groups in total. The van der Waals surface area contributed by atoms with Gasteiger partial charge in [-0.25, -0.2) is 0 Å². The summed E-state index contributed by atoms with van der Waals surface area (Å²) in [6, 6.07) is 12.0. The number of carbonyl (C=O) groups excluding carboxylic acids is 1. The minimum Gasteiger partial charge on any atom is -0.355 e. The van der Waals surface area contributed by atoms with Gasteiger partial charge in [0, 0.05) is 49.1 Å². The molecule has 10 heteroatoms. The molecule has 1 saturated heterocycles. The number of hydrogen-bond donors (Lipinski definition) is 2. The third kappa shape index (κ3) is 6.94. The highest BCUT2D eigenvalue weighted by Gasteiger charge is 2.33. The fraction of sp³-hybridized carbons (Fsp3) is 0.500. The lowest BCUT2D eigenvalue weighted by molar-refractivity contribution is -0.137. The molecule has 1 fully saturated rings. The first kappa shape index (κ1) is 26.8. The first-order valence-corrected chi connectivity index (χ1v) is 13.3. The monoisotopic (exact) mass is 521 g/mol. The van der Waals surface area contributed by atoms with Crippen molar-refractivity contribution in [1.82, 2.24) is 20.4 Å². The standard InChI is InChI=1S/C26H34F3N5OS/c1-30-19-25(35)31-10-4-11-32-14-16-33(17-15-32)12-5-13-34-21-6-2-3-7-23(21)36-24-9-8-20(18-22(24)34)26(27,28)29/h2-3,6-9,18,30H,4-5,10-17,19H2,1H3,(H,31,35). The molecule has 0 aliphatic carbocycles. The van der Waals surface area contributed by atoms with E-state index in [2.05, 4.69) is 25.3 Å². The Morgan fingerprint density at radius 3 is 2.28 bits per heavy atom. The van der Waals surface area contributed by atoms with Crippen molar-refractivity contribution in [2.75, 3.05) is 70.9 Å². The van der Waals surface area contributed by atoms with Gasteiger partial charge in [0.15, 0.2) is 0 Å². The lowest BCUT2D eigenvalue weighted by atomic mass is 10.1. The molecule has 0 spiro atoms. The van der Waals surface area contributed by atoms with Gasteiger partial charge < -0.3 is 25.3 Å². The molecule has 196 valence electrons. The third-order valence-corrected chi connectivity index (χ3v) is 7.71. The maximum absolute atomic E-state index is 13.4. The summed E-state index contributed by atoms with van der Waals surface area (Å²) >= 11 is 1.53. The second-order valence-electron chi connectivity index (χ2n) is 9.17. The highest BCUT2D eigenvalue weighted by Crippen LogP contribution is 2.49. The van der Waals surface area contributed by atoms with Crippen LogP contribution < -0.4 is 15.5 Å². The second-order valence-corrected chi connectivity index (χ2v) is 10.3. The summed E-state index contributed by atoms with van der Waals surface area (Å²) in [5.41, 5.74) is 1.00. The van der Waals surface area contributed by atoms with Crippen LogP contribution in [-0.2, 0) is 11.0 Å². The number of halogens is 3. The number of alkyl halides is 3. The average Bonchev–Trinajstić information content (AvgIpc) is 2.86. The Kier molecular flexibility index (Phi) is 9.16. The van der Waals surface area contributed by atoms with E-state index in [-0.39, 0.29) is 5.91 Å². The number of nitrogens with zero attached hydrogens (tertiary/aromatic N) is 3. The maximum atomic E-state index is 13.4. The molecule has 4 rings (SSSR count). The van der Waals surface area contributed by atoms with Crippen LogP contribution in [0, 0.1) is 0 Å². The lowest BCUT2D eigenvalue weighted by Crippen LogP contribution is -2.47. The molecule has 2 heterocycles. The molecule has 0 radical (unpaired) electrons. The number of hydrogen-bond acceptors (Lipinski definition) is 6. The Balaban J connectivity index is 1.28. The van der Waals surface area contributed by atoms with Crippen LogP contribution in [0.25, 0.3) is 0 Å². The fourth-order valence-corrected chi connectivity index (χ4v) is 5.77. The number of carbonyl (C=O) groups is 1. The van der Waals surface area contributed by atoms with Crippen molar-refractivity contribution in [3.63, 3.8) is 0 Å². The van der Waals surface area contributed by atoms with Gasteiger partial charge in [-0.3, -0.25) is 4.79 Å². The molecule has 0 saturated carbocycles. The molecule has 1 amide bonds. The molecular formula is C26H34F3N5OS. The van der Waals surface area contributed by atoms with Crippen molar-refractivity contribution in [2.24, 2.45) is 0 Å². The number of rotatable bonds is 10. The predicted octanol–water partition coefficient (Wildman–Crippen LogP) is 4.04. The van der Waals surface area contributed by atoms with Crippen LogP contribution in [0.4, 0.5) is 24.5 Å². The minimum absolute atomic E-state index is 0.0227. The molecule has 2 aromatic rings. The van der Waals surface area contributed by atoms with Gasteiger partial charge in [-0.1, -0.05) is 23.9 Å². The van der Waals surface area contributed by atoms with Crippen molar-refractivity contribution in [3.05, 3.63) is 48.0 Å². The summed E-state index contributed by atoms with van der Waals surface area (Å²) in [6.07, 6.45) is -2.56. The smallest absolute Gasteiger partial charge is 0.355 e. The van der Waals surface area contributed by atoms with Gasteiger partial charge in [-0.2, -0.15) is 13.2 Å². The third-order valence-electron chi connectivity index (χ3n) is 6.58. The van der Waals surface area contributed by atoms with Gasteiger partial charge in [0.1, 0.15) is 0 Å². The van der Waals surface area contributed by atoms with Crippen molar-refractivity contribution < 1.29 is 18.0 Å². The normalized spacial score (nSPS) is 16.5. The average molecular weight is 522 g/mol. The van der Waals surface area contributed by atoms with Crippen LogP contribution in [0.5, 0.6) is 0 Å². The highest BCUT2D eigenvalue weighted by atomic mass is 32.2. The summed E-state index contributed by atoms with van der Waals surface area (Å²) in [4.78, 5) is 20.3. The zero-order valence-electron chi connectivity index (χ0n) is 20.6. The number of fused-ring (bicyclic) bond motifs is 2. The van der Waals surface area contributed by atoms with E-state index in [1.54, 1.807) is 13.1 Å². The van der Waals surface area contributed by atoms with E-state index in [1.165, 1.54) is 23.9 Å². The molecule has 0 aromatic heterocycles. The molecule has 36 heavy (non-hydrogen) atoms. The Labute approximate surface area is 215 Å². The minimum atomic E-state index is -4.36. The zero-order chi connectivity index (χ0) is 25.5. The summed E-state index contributed by atoms with van der Waals surface area (Å²) < 4.78 is 40.2.